The van der Waals surface area contributed by atoms with Crippen molar-refractivity contribution >= 4 is 28.7 Å². The number of methoxy groups -OCH3 is 1. The van der Waals surface area contributed by atoms with E-state index in [0.29, 0.717) is 36.8 Å². The summed E-state index contributed by atoms with van der Waals surface area (Å²) in [7, 11) is 1.65. The molecular formula is C10H15N7OS. The molecule has 0 saturated heterocycles. The van der Waals surface area contributed by atoms with Crippen molar-refractivity contribution in [3.63, 3.8) is 0 Å². The molecule has 102 valence electrons. The Morgan fingerprint density at radius 1 is 1.47 bits per heavy atom. The summed E-state index contributed by atoms with van der Waals surface area (Å²) in [5.74, 6) is 0.788. The average molecular weight is 281 g/mol. The fourth-order valence-corrected chi connectivity index (χ4v) is 1.76. The van der Waals surface area contributed by atoms with Crippen molar-refractivity contribution in [3.05, 3.63) is 12.4 Å². The summed E-state index contributed by atoms with van der Waals surface area (Å²) in [5, 5.41) is 11.4. The van der Waals surface area contributed by atoms with E-state index < -0.39 is 0 Å². The molecule has 0 amide bonds. The predicted octanol–water partition coefficient (Wildman–Crippen LogP) is -0.352. The lowest BCUT2D eigenvalue weighted by Gasteiger charge is -2.23. The zero-order chi connectivity index (χ0) is 13.7. The Labute approximate surface area is 115 Å². The van der Waals surface area contributed by atoms with Crippen LogP contribution in [0.1, 0.15) is 6.42 Å². The van der Waals surface area contributed by atoms with Gasteiger partial charge in [0.2, 0.25) is 0 Å². The Kier molecular flexibility index (Phi) is 4.53. The summed E-state index contributed by atoms with van der Waals surface area (Å²) in [6, 6.07) is 0. The van der Waals surface area contributed by atoms with Gasteiger partial charge in [-0.05, 0) is 10.4 Å². The second-order valence-corrected chi connectivity index (χ2v) is 4.43. The quantitative estimate of drug-likeness (QED) is 0.688. The van der Waals surface area contributed by atoms with Crippen LogP contribution in [0.25, 0.3) is 5.65 Å². The zero-order valence-electron chi connectivity index (χ0n) is 10.6. The monoisotopic (exact) mass is 281 g/mol. The molecule has 2 N–H and O–H groups in total. The van der Waals surface area contributed by atoms with Crippen molar-refractivity contribution in [1.82, 2.24) is 25.0 Å². The molecule has 0 aliphatic rings. The highest BCUT2D eigenvalue weighted by atomic mass is 32.1. The molecule has 2 rings (SSSR count). The standard InChI is InChI=1S/C10H15N7OS/c1-18-5-4-16(3-2-8(11)19)10-7-12-6-9-13-14-15-17(9)10/h6-7H,2-5H2,1H3,(H2,11,19). The van der Waals surface area contributed by atoms with Crippen LogP contribution in [0, 0.1) is 0 Å². The molecule has 0 spiro atoms. The number of rotatable bonds is 7. The van der Waals surface area contributed by atoms with Gasteiger partial charge in [0.15, 0.2) is 11.5 Å². The number of nitrogens with zero attached hydrogens (tertiary/aromatic N) is 6. The van der Waals surface area contributed by atoms with E-state index in [1.807, 2.05) is 4.90 Å². The van der Waals surface area contributed by atoms with Gasteiger partial charge in [0.25, 0.3) is 0 Å². The number of hydrogen-bond donors (Lipinski definition) is 1. The molecule has 0 aliphatic carbocycles. The highest BCUT2D eigenvalue weighted by Crippen LogP contribution is 2.13. The molecule has 8 nitrogen and oxygen atoms in total. The molecule has 0 bridgehead atoms. The number of nitrogens with two attached hydrogens (primary N) is 1. The molecule has 9 heteroatoms. The van der Waals surface area contributed by atoms with E-state index in [9.17, 15) is 0 Å². The Morgan fingerprint density at radius 2 is 2.32 bits per heavy atom. The van der Waals surface area contributed by atoms with E-state index in [2.05, 4.69) is 20.5 Å². The molecule has 2 aromatic heterocycles. The Hall–Kier alpha value is -1.87. The lowest BCUT2D eigenvalue weighted by Crippen LogP contribution is -2.32. The summed E-state index contributed by atoms with van der Waals surface area (Å²) in [4.78, 5) is 6.64. The first kappa shape index (κ1) is 13.6. The van der Waals surface area contributed by atoms with Crippen LogP contribution in [-0.2, 0) is 4.74 Å². The van der Waals surface area contributed by atoms with Crippen molar-refractivity contribution in [2.75, 3.05) is 31.7 Å². The van der Waals surface area contributed by atoms with Crippen molar-refractivity contribution in [2.24, 2.45) is 5.73 Å². The molecule has 0 saturated carbocycles. The summed E-state index contributed by atoms with van der Waals surface area (Å²) in [6.07, 6.45) is 3.92. The minimum absolute atomic E-state index is 0.472. The van der Waals surface area contributed by atoms with Crippen LogP contribution >= 0.6 is 12.2 Å². The van der Waals surface area contributed by atoms with E-state index >= 15 is 0 Å². The molecule has 0 fully saturated rings. The van der Waals surface area contributed by atoms with Crippen LogP contribution in [0.2, 0.25) is 0 Å². The number of anilines is 1. The molecule has 0 unspecified atom stereocenters. The second kappa shape index (κ2) is 6.34. The minimum Gasteiger partial charge on any atom is -0.393 e. The van der Waals surface area contributed by atoms with Gasteiger partial charge < -0.3 is 15.4 Å². The normalized spacial score (nSPS) is 10.8. The predicted molar refractivity (Wildman–Crippen MR) is 74.1 cm³/mol. The maximum atomic E-state index is 5.55. The lowest BCUT2D eigenvalue weighted by atomic mass is 10.3. The van der Waals surface area contributed by atoms with Gasteiger partial charge in [-0.2, -0.15) is 4.52 Å². The first-order valence-electron chi connectivity index (χ1n) is 5.76. The van der Waals surface area contributed by atoms with Crippen molar-refractivity contribution in [2.45, 2.75) is 6.42 Å². The van der Waals surface area contributed by atoms with Crippen LogP contribution in [0.3, 0.4) is 0 Å². The highest BCUT2D eigenvalue weighted by molar-refractivity contribution is 7.80. The van der Waals surface area contributed by atoms with Gasteiger partial charge in [-0.3, -0.25) is 4.98 Å². The Morgan fingerprint density at radius 3 is 3.05 bits per heavy atom. The number of thiocarbonyl (C=S) groups is 1. The molecular weight excluding hydrogens is 266 g/mol. The molecule has 0 aromatic carbocycles. The summed E-state index contributed by atoms with van der Waals surface area (Å²) in [5.41, 5.74) is 6.14. The van der Waals surface area contributed by atoms with E-state index in [0.717, 1.165) is 5.82 Å². The van der Waals surface area contributed by atoms with Gasteiger partial charge in [0.1, 0.15) is 0 Å². The van der Waals surface area contributed by atoms with E-state index in [1.54, 1.807) is 24.0 Å². The van der Waals surface area contributed by atoms with Gasteiger partial charge in [-0.25, -0.2) is 0 Å². The third kappa shape index (κ3) is 3.32. The van der Waals surface area contributed by atoms with Crippen molar-refractivity contribution in [3.8, 4) is 0 Å². The number of hydrogen-bond acceptors (Lipinski definition) is 7. The van der Waals surface area contributed by atoms with Crippen LogP contribution in [0.15, 0.2) is 12.4 Å². The largest absolute Gasteiger partial charge is 0.393 e. The Bertz CT molecular complexity index is 558. The number of ether oxygens (including phenoxy) is 1. The van der Waals surface area contributed by atoms with Gasteiger partial charge in [0, 0.05) is 26.6 Å². The summed E-state index contributed by atoms with van der Waals surface area (Å²) < 4.78 is 6.73. The van der Waals surface area contributed by atoms with Crippen molar-refractivity contribution in [1.29, 1.82) is 0 Å². The Balaban J connectivity index is 2.25. The SMILES string of the molecule is COCCN(CCC(N)=S)c1cncc2nnnn12. The van der Waals surface area contributed by atoms with Gasteiger partial charge in [0.05, 0.1) is 24.0 Å². The third-order valence-electron chi connectivity index (χ3n) is 2.61. The average Bonchev–Trinajstić information content (AvgIpc) is 2.87. The third-order valence-corrected chi connectivity index (χ3v) is 2.81. The van der Waals surface area contributed by atoms with Crippen LogP contribution in [-0.4, -0.2) is 56.8 Å². The molecule has 0 atom stereocenters. The number of tetrazole rings is 1. The van der Waals surface area contributed by atoms with Crippen LogP contribution in [0.5, 0.6) is 0 Å². The van der Waals surface area contributed by atoms with Gasteiger partial charge in [-0.1, -0.05) is 12.2 Å². The van der Waals surface area contributed by atoms with Crippen molar-refractivity contribution < 1.29 is 4.74 Å². The van der Waals surface area contributed by atoms with E-state index in [-0.39, 0.29) is 0 Å². The number of fused-ring (bicyclic) bond motifs is 1. The molecule has 0 radical (unpaired) electrons. The lowest BCUT2D eigenvalue weighted by molar-refractivity contribution is 0.205. The van der Waals surface area contributed by atoms with Crippen LogP contribution < -0.4 is 10.6 Å². The van der Waals surface area contributed by atoms with Gasteiger partial charge in [-0.15, -0.1) is 5.10 Å². The number of aromatic nitrogens is 5. The first-order valence-corrected chi connectivity index (χ1v) is 6.17. The summed E-state index contributed by atoms with van der Waals surface area (Å²) >= 11 is 4.91. The second-order valence-electron chi connectivity index (χ2n) is 3.91. The van der Waals surface area contributed by atoms with Gasteiger partial charge >= 0.3 is 0 Å². The topological polar surface area (TPSA) is 94.5 Å². The fraction of sp³-hybridized carbons (Fsp3) is 0.500. The smallest absolute Gasteiger partial charge is 0.199 e. The van der Waals surface area contributed by atoms with E-state index in [4.69, 9.17) is 22.7 Å². The highest BCUT2D eigenvalue weighted by Gasteiger charge is 2.12. The maximum Gasteiger partial charge on any atom is 0.199 e. The molecule has 2 aromatic rings. The zero-order valence-corrected chi connectivity index (χ0v) is 11.4. The minimum atomic E-state index is 0.472. The maximum absolute atomic E-state index is 5.55. The van der Waals surface area contributed by atoms with E-state index in [1.165, 1.54) is 0 Å². The molecule has 0 aliphatic heterocycles. The molecule has 2 heterocycles. The summed E-state index contributed by atoms with van der Waals surface area (Å²) in [6.45, 7) is 1.93. The first-order chi connectivity index (χ1) is 9.22. The fourth-order valence-electron chi connectivity index (χ4n) is 1.67. The molecule has 19 heavy (non-hydrogen) atoms. The van der Waals surface area contributed by atoms with Crippen LogP contribution in [0.4, 0.5) is 5.82 Å².